The first-order valence-corrected chi connectivity index (χ1v) is 6.62. The van der Waals surface area contributed by atoms with Gasteiger partial charge >= 0.3 is 0 Å². The van der Waals surface area contributed by atoms with Gasteiger partial charge in [0.1, 0.15) is 0 Å². The fraction of sp³-hybridized carbons (Fsp3) is 0. The van der Waals surface area contributed by atoms with E-state index in [-0.39, 0.29) is 4.90 Å². The Hall–Kier alpha value is -1.18. The second-order valence-electron chi connectivity index (χ2n) is 2.59. The van der Waals surface area contributed by atoms with Crippen LogP contribution in [-0.4, -0.2) is 21.4 Å². The van der Waals surface area contributed by atoms with Crippen molar-refractivity contribution in [3.8, 4) is 0 Å². The molecule has 0 bridgehead atoms. The minimum Gasteiger partial charge on any atom is -0.282 e. The quantitative estimate of drug-likeness (QED) is 0.792. The minimum atomic E-state index is -4.42. The highest BCUT2D eigenvalue weighted by Gasteiger charge is 2.15. The van der Waals surface area contributed by atoms with Crippen LogP contribution in [0.4, 0.5) is 0 Å². The van der Waals surface area contributed by atoms with E-state index in [9.17, 15) is 16.8 Å². The van der Waals surface area contributed by atoms with Crippen LogP contribution >= 0.6 is 0 Å². The van der Waals surface area contributed by atoms with Gasteiger partial charge in [-0.15, -0.1) is 0 Å². The van der Waals surface area contributed by atoms with Crippen molar-refractivity contribution < 1.29 is 21.4 Å². The van der Waals surface area contributed by atoms with E-state index in [1.165, 1.54) is 0 Å². The molecule has 0 aliphatic carbocycles. The summed E-state index contributed by atoms with van der Waals surface area (Å²) in [5.41, 5.74) is 0. The van der Waals surface area contributed by atoms with E-state index in [0.29, 0.717) is 5.41 Å². The molecule has 5 nitrogen and oxygen atoms in total. The van der Waals surface area contributed by atoms with Crippen molar-refractivity contribution in [2.24, 2.45) is 0 Å². The van der Waals surface area contributed by atoms with Gasteiger partial charge < -0.3 is 0 Å². The third kappa shape index (κ3) is 2.65. The monoisotopic (exact) mass is 247 g/mol. The molecule has 0 unspecified atom stereocenters. The maximum Gasteiger partial charge on any atom is 0.294 e. The van der Waals surface area contributed by atoms with Crippen LogP contribution in [0.3, 0.4) is 0 Å². The molecule has 1 aromatic rings. The molecule has 1 aromatic carbocycles. The summed E-state index contributed by atoms with van der Waals surface area (Å²) in [6.45, 7) is 3.09. The van der Waals surface area contributed by atoms with Crippen molar-refractivity contribution in [2.75, 3.05) is 0 Å². The lowest BCUT2D eigenvalue weighted by atomic mass is 10.4. The highest BCUT2D eigenvalue weighted by Crippen LogP contribution is 2.16. The molecule has 1 radical (unpaired) electrons. The molecule has 0 heterocycles. The lowest BCUT2D eigenvalue weighted by Crippen LogP contribution is -2.01. The van der Waals surface area contributed by atoms with Crippen molar-refractivity contribution in [1.82, 2.24) is 0 Å². The topological polar surface area (TPSA) is 88.5 Å². The van der Waals surface area contributed by atoms with Gasteiger partial charge in [0.2, 0.25) is 0 Å². The van der Waals surface area contributed by atoms with Crippen LogP contribution < -0.4 is 0 Å². The first kappa shape index (κ1) is 11.9. The summed E-state index contributed by atoms with van der Waals surface area (Å²) in [6.07, 6.45) is 0. The zero-order chi connectivity index (χ0) is 11.7. The van der Waals surface area contributed by atoms with Gasteiger partial charge in [-0.25, -0.2) is 8.42 Å². The Morgan fingerprint density at radius 2 is 1.73 bits per heavy atom. The molecule has 0 aliphatic rings. The molecule has 0 aliphatic heterocycles. The maximum absolute atomic E-state index is 11.3. The van der Waals surface area contributed by atoms with Gasteiger partial charge in [0.25, 0.3) is 10.1 Å². The van der Waals surface area contributed by atoms with E-state index >= 15 is 0 Å². The Kier molecular flexibility index (Phi) is 2.98. The Balaban J connectivity index is 3.46. The average Bonchev–Trinajstić information content (AvgIpc) is 2.17. The third-order valence-electron chi connectivity index (χ3n) is 1.58. The van der Waals surface area contributed by atoms with Crippen molar-refractivity contribution in [3.05, 3.63) is 36.3 Å². The third-order valence-corrected chi connectivity index (χ3v) is 3.74. The van der Waals surface area contributed by atoms with E-state index < -0.39 is 24.9 Å². The molecule has 7 heteroatoms. The van der Waals surface area contributed by atoms with Gasteiger partial charge in [-0.1, -0.05) is 6.58 Å². The van der Waals surface area contributed by atoms with E-state index in [2.05, 4.69) is 12.6 Å². The molecule has 15 heavy (non-hydrogen) atoms. The molecule has 0 aromatic heterocycles. The SMILES string of the molecule is C=CS(=O)(=O)c1c[c]cc(S(=O)(=O)O)c1. The summed E-state index contributed by atoms with van der Waals surface area (Å²) >= 11 is 0. The van der Waals surface area contributed by atoms with Crippen LogP contribution in [0.25, 0.3) is 0 Å². The van der Waals surface area contributed by atoms with Crippen molar-refractivity contribution >= 4 is 20.0 Å². The highest BCUT2D eigenvalue weighted by molar-refractivity contribution is 7.94. The first-order valence-electron chi connectivity index (χ1n) is 3.63. The average molecular weight is 247 g/mol. The number of rotatable bonds is 3. The summed E-state index contributed by atoms with van der Waals surface area (Å²) in [6, 6.07) is 5.21. The Morgan fingerprint density at radius 3 is 2.20 bits per heavy atom. The fourth-order valence-electron chi connectivity index (χ4n) is 0.839. The smallest absolute Gasteiger partial charge is 0.282 e. The van der Waals surface area contributed by atoms with Crippen LogP contribution in [0.1, 0.15) is 0 Å². The normalized spacial score (nSPS) is 12.3. The van der Waals surface area contributed by atoms with Gasteiger partial charge in [-0.2, -0.15) is 8.42 Å². The largest absolute Gasteiger partial charge is 0.294 e. The van der Waals surface area contributed by atoms with Crippen LogP contribution in [-0.2, 0) is 20.0 Å². The number of benzene rings is 1. The van der Waals surface area contributed by atoms with Crippen molar-refractivity contribution in [1.29, 1.82) is 0 Å². The maximum atomic E-state index is 11.3. The first-order chi connectivity index (χ1) is 6.77. The standard InChI is InChI=1S/C8H7O5S2/c1-2-14(9,10)7-4-3-5-8(6-7)15(11,12)13/h2,4-6H,1H2,(H,11,12,13). The van der Waals surface area contributed by atoms with Gasteiger partial charge in [0.05, 0.1) is 9.79 Å². The fourth-order valence-corrected chi connectivity index (χ4v) is 2.12. The van der Waals surface area contributed by atoms with Gasteiger partial charge in [0, 0.05) is 5.41 Å². The van der Waals surface area contributed by atoms with Gasteiger partial charge in [0.15, 0.2) is 9.84 Å². The molecule has 1 rings (SSSR count). The van der Waals surface area contributed by atoms with Crippen LogP contribution in [0.5, 0.6) is 0 Å². The minimum absolute atomic E-state index is 0.285. The van der Waals surface area contributed by atoms with Crippen molar-refractivity contribution in [2.45, 2.75) is 9.79 Å². The molecule has 0 spiro atoms. The molecule has 1 N–H and O–H groups in total. The summed E-state index contributed by atoms with van der Waals surface area (Å²) in [4.78, 5) is -0.807. The van der Waals surface area contributed by atoms with Gasteiger partial charge in [-0.05, 0) is 24.3 Å². The lowest BCUT2D eigenvalue weighted by Gasteiger charge is -2.00. The molecule has 81 valence electrons. The summed E-state index contributed by atoms with van der Waals surface area (Å²) in [5.74, 6) is 0. The van der Waals surface area contributed by atoms with Crippen LogP contribution in [0.2, 0.25) is 0 Å². The molecular weight excluding hydrogens is 240 g/mol. The van der Waals surface area contributed by atoms with E-state index in [0.717, 1.165) is 18.2 Å². The number of hydrogen-bond donors (Lipinski definition) is 1. The summed E-state index contributed by atoms with van der Waals surface area (Å²) in [5, 5.41) is 0.684. The lowest BCUT2D eigenvalue weighted by molar-refractivity contribution is 0.483. The second-order valence-corrected chi connectivity index (χ2v) is 5.91. The summed E-state index contributed by atoms with van der Waals surface area (Å²) in [7, 11) is -8.15. The predicted molar refractivity (Wildman–Crippen MR) is 52.5 cm³/mol. The van der Waals surface area contributed by atoms with E-state index in [1.54, 1.807) is 0 Å². The Morgan fingerprint density at radius 1 is 1.20 bits per heavy atom. The second kappa shape index (κ2) is 3.76. The van der Waals surface area contributed by atoms with Crippen molar-refractivity contribution in [3.63, 3.8) is 0 Å². The molecule has 0 atom stereocenters. The molecule has 0 saturated carbocycles. The van der Waals surface area contributed by atoms with Gasteiger partial charge in [-0.3, -0.25) is 4.55 Å². The molecular formula is C8H7O5S2. The zero-order valence-electron chi connectivity index (χ0n) is 7.41. The van der Waals surface area contributed by atoms with E-state index in [1.807, 2.05) is 0 Å². The van der Waals surface area contributed by atoms with E-state index in [4.69, 9.17) is 4.55 Å². The molecule has 0 saturated heterocycles. The Labute approximate surface area is 87.7 Å². The molecule has 0 fully saturated rings. The number of hydrogen-bond acceptors (Lipinski definition) is 4. The zero-order valence-corrected chi connectivity index (χ0v) is 9.05. The summed E-state index contributed by atoms with van der Waals surface area (Å²) < 4.78 is 52.6. The number of sulfone groups is 1. The van der Waals surface area contributed by atoms with Crippen LogP contribution in [0, 0.1) is 6.07 Å². The Bertz CT molecular complexity index is 583. The highest BCUT2D eigenvalue weighted by atomic mass is 32.2. The predicted octanol–water partition coefficient (Wildman–Crippen LogP) is 0.651. The molecule has 0 amide bonds. The van der Waals surface area contributed by atoms with Crippen LogP contribution in [0.15, 0.2) is 40.0 Å².